The van der Waals surface area contributed by atoms with Gasteiger partial charge in [0.05, 0.1) is 0 Å². The second kappa shape index (κ2) is 3.70. The molecule has 1 rings (SSSR count). The van der Waals surface area contributed by atoms with E-state index in [-0.39, 0.29) is 5.82 Å². The molecule has 0 saturated heterocycles. The van der Waals surface area contributed by atoms with Crippen molar-refractivity contribution in [3.05, 3.63) is 35.1 Å². The lowest BCUT2D eigenvalue weighted by molar-refractivity contribution is 0.576. The first-order valence-corrected chi connectivity index (χ1v) is 4.41. The monoisotopic (exact) mass is 166 g/mol. The summed E-state index contributed by atoms with van der Waals surface area (Å²) in [5, 5.41) is 0. The van der Waals surface area contributed by atoms with Gasteiger partial charge in [-0.3, -0.25) is 0 Å². The van der Waals surface area contributed by atoms with Gasteiger partial charge in [-0.05, 0) is 30.4 Å². The van der Waals surface area contributed by atoms with Crippen molar-refractivity contribution < 1.29 is 4.39 Å². The first kappa shape index (κ1) is 9.24. The maximum absolute atomic E-state index is 13.4. The van der Waals surface area contributed by atoms with Gasteiger partial charge in [0.15, 0.2) is 0 Å². The van der Waals surface area contributed by atoms with Crippen LogP contribution in [0.15, 0.2) is 18.2 Å². The van der Waals surface area contributed by atoms with Crippen LogP contribution in [-0.4, -0.2) is 0 Å². The molecule has 0 heterocycles. The minimum Gasteiger partial charge on any atom is -0.206 e. The first-order valence-electron chi connectivity index (χ1n) is 4.41. The van der Waals surface area contributed by atoms with Crippen molar-refractivity contribution in [1.29, 1.82) is 0 Å². The van der Waals surface area contributed by atoms with E-state index in [0.717, 1.165) is 17.5 Å². The molecule has 1 unspecified atom stereocenters. The summed E-state index contributed by atoms with van der Waals surface area (Å²) in [6.45, 7) is 5.94. The SMILES string of the molecule is CCC(C)c1cccc(C)c1F. The summed E-state index contributed by atoms with van der Waals surface area (Å²) in [5.74, 6) is 0.289. The molecular weight excluding hydrogens is 151 g/mol. The highest BCUT2D eigenvalue weighted by Gasteiger charge is 2.09. The number of aryl methyl sites for hydroxylation is 1. The normalized spacial score (nSPS) is 13.0. The molecule has 0 aliphatic carbocycles. The second-order valence-corrected chi connectivity index (χ2v) is 3.29. The van der Waals surface area contributed by atoms with Crippen LogP contribution in [0.4, 0.5) is 4.39 Å². The molecule has 0 fully saturated rings. The average molecular weight is 166 g/mol. The van der Waals surface area contributed by atoms with E-state index in [4.69, 9.17) is 0 Å². The molecule has 0 aliphatic rings. The maximum atomic E-state index is 13.4. The van der Waals surface area contributed by atoms with E-state index in [1.165, 1.54) is 0 Å². The van der Waals surface area contributed by atoms with Gasteiger partial charge in [-0.1, -0.05) is 32.0 Å². The van der Waals surface area contributed by atoms with Crippen molar-refractivity contribution in [3.63, 3.8) is 0 Å². The fraction of sp³-hybridized carbons (Fsp3) is 0.455. The van der Waals surface area contributed by atoms with E-state index >= 15 is 0 Å². The van der Waals surface area contributed by atoms with Gasteiger partial charge in [0.1, 0.15) is 5.82 Å². The fourth-order valence-electron chi connectivity index (χ4n) is 1.27. The summed E-state index contributed by atoms with van der Waals surface area (Å²) < 4.78 is 13.4. The van der Waals surface area contributed by atoms with Gasteiger partial charge in [0.25, 0.3) is 0 Å². The summed E-state index contributed by atoms with van der Waals surface area (Å²) >= 11 is 0. The Morgan fingerprint density at radius 1 is 1.42 bits per heavy atom. The number of benzene rings is 1. The Labute approximate surface area is 73.4 Å². The fourth-order valence-corrected chi connectivity index (χ4v) is 1.27. The lowest BCUT2D eigenvalue weighted by Crippen LogP contribution is -1.97. The smallest absolute Gasteiger partial charge is 0.129 e. The maximum Gasteiger partial charge on any atom is 0.129 e. The zero-order valence-corrected chi connectivity index (χ0v) is 7.89. The average Bonchev–Trinajstić information content (AvgIpc) is 2.08. The number of hydrogen-bond donors (Lipinski definition) is 0. The van der Waals surface area contributed by atoms with Gasteiger partial charge in [0.2, 0.25) is 0 Å². The lowest BCUT2D eigenvalue weighted by Gasteiger charge is -2.10. The Morgan fingerprint density at radius 3 is 2.67 bits per heavy atom. The Morgan fingerprint density at radius 2 is 2.08 bits per heavy atom. The molecule has 1 heteroatoms. The van der Waals surface area contributed by atoms with Crippen LogP contribution >= 0.6 is 0 Å². The van der Waals surface area contributed by atoms with Crippen LogP contribution in [0, 0.1) is 12.7 Å². The molecule has 0 spiro atoms. The van der Waals surface area contributed by atoms with E-state index in [2.05, 4.69) is 13.8 Å². The van der Waals surface area contributed by atoms with E-state index in [1.807, 2.05) is 12.1 Å². The van der Waals surface area contributed by atoms with E-state index in [9.17, 15) is 4.39 Å². The highest BCUT2D eigenvalue weighted by atomic mass is 19.1. The standard InChI is InChI=1S/C11H15F/c1-4-8(2)10-7-5-6-9(3)11(10)12/h5-8H,4H2,1-3H3. The molecule has 0 aromatic heterocycles. The summed E-state index contributed by atoms with van der Waals surface area (Å²) in [4.78, 5) is 0. The highest BCUT2D eigenvalue weighted by Crippen LogP contribution is 2.23. The van der Waals surface area contributed by atoms with E-state index in [0.29, 0.717) is 5.92 Å². The third-order valence-corrected chi connectivity index (χ3v) is 2.36. The molecule has 1 aromatic rings. The van der Waals surface area contributed by atoms with Crippen LogP contribution in [-0.2, 0) is 0 Å². The molecule has 0 N–H and O–H groups in total. The van der Waals surface area contributed by atoms with Crippen LogP contribution in [0.2, 0.25) is 0 Å². The Bertz CT molecular complexity index is 266. The number of halogens is 1. The molecule has 12 heavy (non-hydrogen) atoms. The van der Waals surface area contributed by atoms with Gasteiger partial charge < -0.3 is 0 Å². The minimum absolute atomic E-state index is 0.0353. The molecule has 0 aliphatic heterocycles. The second-order valence-electron chi connectivity index (χ2n) is 3.29. The summed E-state index contributed by atoms with van der Waals surface area (Å²) in [6.07, 6.45) is 0.986. The predicted octanol–water partition coefficient (Wildman–Crippen LogP) is 3.65. The molecule has 0 radical (unpaired) electrons. The van der Waals surface area contributed by atoms with Crippen LogP contribution in [0.5, 0.6) is 0 Å². The number of rotatable bonds is 2. The third-order valence-electron chi connectivity index (χ3n) is 2.36. The molecule has 1 aromatic carbocycles. The summed E-state index contributed by atoms with van der Waals surface area (Å²) in [5.41, 5.74) is 1.59. The lowest BCUT2D eigenvalue weighted by atomic mass is 9.96. The van der Waals surface area contributed by atoms with Gasteiger partial charge >= 0.3 is 0 Å². The van der Waals surface area contributed by atoms with Crippen LogP contribution in [0.25, 0.3) is 0 Å². The molecule has 0 saturated carbocycles. The van der Waals surface area contributed by atoms with Crippen LogP contribution in [0.1, 0.15) is 37.3 Å². The predicted molar refractivity (Wildman–Crippen MR) is 49.8 cm³/mol. The Hall–Kier alpha value is -0.850. The Kier molecular flexibility index (Phi) is 2.85. The molecule has 1 atom stereocenters. The summed E-state index contributed by atoms with van der Waals surface area (Å²) in [7, 11) is 0. The zero-order valence-electron chi connectivity index (χ0n) is 7.89. The van der Waals surface area contributed by atoms with Crippen molar-refractivity contribution in [1.82, 2.24) is 0 Å². The van der Waals surface area contributed by atoms with Crippen molar-refractivity contribution in [3.8, 4) is 0 Å². The van der Waals surface area contributed by atoms with Crippen molar-refractivity contribution >= 4 is 0 Å². The topological polar surface area (TPSA) is 0 Å². The molecule has 66 valence electrons. The molecule has 0 amide bonds. The number of hydrogen-bond acceptors (Lipinski definition) is 0. The van der Waals surface area contributed by atoms with Crippen LogP contribution in [0.3, 0.4) is 0 Å². The van der Waals surface area contributed by atoms with Crippen molar-refractivity contribution in [2.45, 2.75) is 33.1 Å². The highest BCUT2D eigenvalue weighted by molar-refractivity contribution is 5.27. The van der Waals surface area contributed by atoms with Gasteiger partial charge in [-0.25, -0.2) is 4.39 Å². The molecule has 0 nitrogen and oxygen atoms in total. The molecular formula is C11H15F. The van der Waals surface area contributed by atoms with Crippen molar-refractivity contribution in [2.75, 3.05) is 0 Å². The van der Waals surface area contributed by atoms with Gasteiger partial charge in [-0.15, -0.1) is 0 Å². The van der Waals surface area contributed by atoms with Crippen molar-refractivity contribution in [2.24, 2.45) is 0 Å². The van der Waals surface area contributed by atoms with Crippen LogP contribution < -0.4 is 0 Å². The van der Waals surface area contributed by atoms with E-state index in [1.54, 1.807) is 13.0 Å². The third kappa shape index (κ3) is 1.66. The van der Waals surface area contributed by atoms with Gasteiger partial charge in [-0.2, -0.15) is 0 Å². The zero-order chi connectivity index (χ0) is 9.14. The minimum atomic E-state index is -0.0353. The largest absolute Gasteiger partial charge is 0.206 e. The summed E-state index contributed by atoms with van der Waals surface area (Å²) in [6, 6.07) is 5.59. The Balaban J connectivity index is 3.07. The van der Waals surface area contributed by atoms with E-state index < -0.39 is 0 Å². The molecule has 0 bridgehead atoms. The first-order chi connectivity index (χ1) is 5.66. The van der Waals surface area contributed by atoms with Gasteiger partial charge in [0, 0.05) is 0 Å². The quantitative estimate of drug-likeness (QED) is 0.629.